The van der Waals surface area contributed by atoms with E-state index in [0.29, 0.717) is 41.8 Å². The predicted octanol–water partition coefficient (Wildman–Crippen LogP) is 9.84. The van der Waals surface area contributed by atoms with E-state index < -0.39 is 0 Å². The number of hydrogen-bond donors (Lipinski definition) is 3. The first kappa shape index (κ1) is 41.6. The number of carbonyl (C=O) groups excluding carboxylic acids is 4. The fourth-order valence-corrected chi connectivity index (χ4v) is 5.85. The van der Waals surface area contributed by atoms with Crippen molar-refractivity contribution in [3.63, 3.8) is 0 Å². The summed E-state index contributed by atoms with van der Waals surface area (Å²) in [5, 5.41) is 18.4. The van der Waals surface area contributed by atoms with E-state index in [1.165, 1.54) is 70.4 Å². The predicted molar refractivity (Wildman–Crippen MR) is 194 cm³/mol. The summed E-state index contributed by atoms with van der Waals surface area (Å²) in [5.41, 5.74) is 1.82. The summed E-state index contributed by atoms with van der Waals surface area (Å²) >= 11 is 0. The highest BCUT2D eigenvalue weighted by Crippen LogP contribution is 2.21. The van der Waals surface area contributed by atoms with Crippen molar-refractivity contribution in [3.05, 3.63) is 64.7 Å². The lowest BCUT2D eigenvalue weighted by Crippen LogP contribution is -2.24. The molecule has 0 aliphatic carbocycles. The lowest BCUT2D eigenvalue weighted by molar-refractivity contribution is -0.438. The standard InChI is InChI=1S/C40H60N2O7/c1-3-4-5-6-7-8-11-14-18-21-28-42-40(46)36-29-35(30-37(31-36)48-49-47)38(44)22-19-16-13-10-9-12-15-17-20-27-41-39(45)34-25-23-33(24-26-34)32(2)43/h23-26,29-31,47H,3-22,27-28H2,1-2H3,(H,41,45)(H,42,46). The van der Waals surface area contributed by atoms with Crippen LogP contribution in [0.5, 0.6) is 5.75 Å². The zero-order chi connectivity index (χ0) is 35.5. The van der Waals surface area contributed by atoms with Gasteiger partial charge in [-0.05, 0) is 61.6 Å². The third kappa shape index (κ3) is 18.7. The van der Waals surface area contributed by atoms with Crippen LogP contribution in [-0.4, -0.2) is 41.7 Å². The molecular formula is C40H60N2O7. The van der Waals surface area contributed by atoms with E-state index in [2.05, 4.69) is 22.6 Å². The Morgan fingerprint density at radius 3 is 1.47 bits per heavy atom. The molecule has 2 aromatic carbocycles. The van der Waals surface area contributed by atoms with Gasteiger partial charge in [-0.1, -0.05) is 122 Å². The van der Waals surface area contributed by atoms with Crippen LogP contribution in [0.15, 0.2) is 42.5 Å². The third-order valence-corrected chi connectivity index (χ3v) is 8.86. The van der Waals surface area contributed by atoms with Crippen LogP contribution in [0.1, 0.15) is 184 Å². The van der Waals surface area contributed by atoms with Crippen LogP contribution in [0.4, 0.5) is 0 Å². The van der Waals surface area contributed by atoms with Crippen LogP contribution >= 0.6 is 0 Å². The van der Waals surface area contributed by atoms with Gasteiger partial charge in [-0.15, -0.1) is 0 Å². The highest BCUT2D eigenvalue weighted by molar-refractivity contribution is 6.01. The molecule has 2 aromatic rings. The maximum Gasteiger partial charge on any atom is 0.251 e. The number of hydrogen-bond acceptors (Lipinski definition) is 7. The molecule has 0 bridgehead atoms. The number of amides is 2. The van der Waals surface area contributed by atoms with Gasteiger partial charge in [-0.25, -0.2) is 5.26 Å². The van der Waals surface area contributed by atoms with E-state index in [1.54, 1.807) is 30.3 Å². The fraction of sp³-hybridized carbons (Fsp3) is 0.600. The normalized spacial score (nSPS) is 10.9. The van der Waals surface area contributed by atoms with Gasteiger partial charge >= 0.3 is 0 Å². The first-order valence-electron chi connectivity index (χ1n) is 18.7. The lowest BCUT2D eigenvalue weighted by atomic mass is 10.0. The molecular weight excluding hydrogens is 620 g/mol. The van der Waals surface area contributed by atoms with Gasteiger partial charge in [0.25, 0.3) is 11.8 Å². The third-order valence-electron chi connectivity index (χ3n) is 8.86. The molecule has 2 amide bonds. The summed E-state index contributed by atoms with van der Waals surface area (Å²) in [7, 11) is 0. The fourth-order valence-electron chi connectivity index (χ4n) is 5.85. The second-order valence-corrected chi connectivity index (χ2v) is 13.1. The average Bonchev–Trinajstić information content (AvgIpc) is 3.10. The molecule has 9 heteroatoms. The number of carbonyl (C=O) groups is 4. The Hall–Kier alpha value is -3.56. The Morgan fingerprint density at radius 1 is 0.551 bits per heavy atom. The Bertz CT molecular complexity index is 1250. The van der Waals surface area contributed by atoms with Crippen molar-refractivity contribution in [3.8, 4) is 5.75 Å². The number of Topliss-reactive ketones (excluding diaryl/α,β-unsaturated/α-hetero) is 2. The summed E-state index contributed by atoms with van der Waals surface area (Å²) in [6.45, 7) is 4.94. The number of ketones is 2. The average molecular weight is 681 g/mol. The smallest absolute Gasteiger partial charge is 0.251 e. The molecule has 0 heterocycles. The zero-order valence-corrected chi connectivity index (χ0v) is 30.0. The largest absolute Gasteiger partial charge is 0.352 e. The molecule has 49 heavy (non-hydrogen) atoms. The van der Waals surface area contributed by atoms with E-state index in [-0.39, 0.29) is 29.1 Å². The molecule has 3 N–H and O–H groups in total. The molecule has 272 valence electrons. The van der Waals surface area contributed by atoms with Gasteiger partial charge in [0, 0.05) is 41.8 Å². The molecule has 0 spiro atoms. The molecule has 0 aromatic heterocycles. The molecule has 0 saturated heterocycles. The maximum absolute atomic E-state index is 12.9. The van der Waals surface area contributed by atoms with Crippen LogP contribution in [0, 0.1) is 0 Å². The van der Waals surface area contributed by atoms with E-state index in [4.69, 9.17) is 10.1 Å². The molecule has 0 atom stereocenters. The van der Waals surface area contributed by atoms with Gasteiger partial charge in [-0.2, -0.15) is 0 Å². The highest BCUT2D eigenvalue weighted by Gasteiger charge is 2.15. The van der Waals surface area contributed by atoms with E-state index in [0.717, 1.165) is 70.6 Å². The van der Waals surface area contributed by atoms with Gasteiger partial charge in [0.15, 0.2) is 17.3 Å². The number of nitrogens with one attached hydrogen (secondary N) is 2. The summed E-state index contributed by atoms with van der Waals surface area (Å²) in [5.74, 6) is -0.394. The summed E-state index contributed by atoms with van der Waals surface area (Å²) in [4.78, 5) is 54.1. The van der Waals surface area contributed by atoms with Crippen molar-refractivity contribution in [1.29, 1.82) is 0 Å². The molecule has 2 rings (SSSR count). The van der Waals surface area contributed by atoms with Crippen molar-refractivity contribution < 1.29 is 34.4 Å². The van der Waals surface area contributed by atoms with Crippen molar-refractivity contribution >= 4 is 23.4 Å². The minimum atomic E-state index is -0.282. The molecule has 0 saturated carbocycles. The number of benzene rings is 2. The van der Waals surface area contributed by atoms with Gasteiger partial charge in [0.05, 0.1) is 0 Å². The number of rotatable bonds is 29. The van der Waals surface area contributed by atoms with Crippen molar-refractivity contribution in [2.75, 3.05) is 13.1 Å². The minimum Gasteiger partial charge on any atom is -0.352 e. The quantitative estimate of drug-likeness (QED) is 0.0337. The Labute approximate surface area is 293 Å². The van der Waals surface area contributed by atoms with Crippen LogP contribution < -0.4 is 15.5 Å². The number of unbranched alkanes of at least 4 members (excludes halogenated alkanes) is 17. The minimum absolute atomic E-state index is 0.0163. The first-order valence-corrected chi connectivity index (χ1v) is 18.7. The van der Waals surface area contributed by atoms with Gasteiger partial charge in [0.1, 0.15) is 0 Å². The van der Waals surface area contributed by atoms with Crippen molar-refractivity contribution in [2.45, 2.75) is 142 Å². The Kier molecular flexibility index (Phi) is 22.4. The first-order chi connectivity index (χ1) is 23.8. The molecule has 0 fully saturated rings. The van der Waals surface area contributed by atoms with Crippen LogP contribution in [-0.2, 0) is 5.04 Å². The lowest BCUT2D eigenvalue weighted by Gasteiger charge is -2.09. The van der Waals surface area contributed by atoms with Crippen LogP contribution in [0.2, 0.25) is 0 Å². The van der Waals surface area contributed by atoms with Crippen molar-refractivity contribution in [1.82, 2.24) is 10.6 Å². The van der Waals surface area contributed by atoms with Gasteiger partial charge < -0.3 is 15.5 Å². The molecule has 0 aliphatic rings. The summed E-state index contributed by atoms with van der Waals surface area (Å²) in [6.07, 6.45) is 21.9. The van der Waals surface area contributed by atoms with E-state index >= 15 is 0 Å². The second-order valence-electron chi connectivity index (χ2n) is 13.1. The Morgan fingerprint density at radius 2 is 0.980 bits per heavy atom. The maximum atomic E-state index is 12.9. The van der Waals surface area contributed by atoms with Crippen LogP contribution in [0.3, 0.4) is 0 Å². The molecule has 0 unspecified atom stereocenters. The van der Waals surface area contributed by atoms with Crippen LogP contribution in [0.25, 0.3) is 0 Å². The molecule has 0 radical (unpaired) electrons. The SMILES string of the molecule is CCCCCCCCCCCCNC(=O)c1cc(OOO)cc(C(=O)CCCCCCCCCCCNC(=O)c2ccc(C(C)=O)cc2)c1. The Balaban J connectivity index is 1.55. The summed E-state index contributed by atoms with van der Waals surface area (Å²) in [6, 6.07) is 11.2. The van der Waals surface area contributed by atoms with E-state index in [9.17, 15) is 19.2 Å². The molecule has 0 aliphatic heterocycles. The molecule has 9 nitrogen and oxygen atoms in total. The van der Waals surface area contributed by atoms with Gasteiger partial charge in [-0.3, -0.25) is 19.2 Å². The summed E-state index contributed by atoms with van der Waals surface area (Å²) < 4.78 is 0. The van der Waals surface area contributed by atoms with Gasteiger partial charge in [0.2, 0.25) is 0 Å². The highest BCUT2D eigenvalue weighted by atomic mass is 17.5. The van der Waals surface area contributed by atoms with Crippen molar-refractivity contribution in [2.24, 2.45) is 0 Å². The van der Waals surface area contributed by atoms with E-state index in [1.807, 2.05) is 0 Å². The topological polar surface area (TPSA) is 131 Å². The second kappa shape index (κ2) is 26.3. The zero-order valence-electron chi connectivity index (χ0n) is 30.0. The monoisotopic (exact) mass is 680 g/mol.